The van der Waals surface area contributed by atoms with E-state index in [0.29, 0.717) is 16.7 Å². The van der Waals surface area contributed by atoms with Gasteiger partial charge >= 0.3 is 6.03 Å². The van der Waals surface area contributed by atoms with E-state index in [4.69, 9.17) is 5.26 Å². The summed E-state index contributed by atoms with van der Waals surface area (Å²) in [6, 6.07) is 21.8. The van der Waals surface area contributed by atoms with E-state index in [1.165, 1.54) is 0 Å². The summed E-state index contributed by atoms with van der Waals surface area (Å²) in [5, 5.41) is 19.9. The molecule has 2 aromatic heterocycles. The monoisotopic (exact) mass is 394 g/mol. The van der Waals surface area contributed by atoms with Gasteiger partial charge < -0.3 is 5.32 Å². The predicted molar refractivity (Wildman–Crippen MR) is 113 cm³/mol. The molecule has 7 nitrogen and oxygen atoms in total. The number of benzene rings is 2. The van der Waals surface area contributed by atoms with Crippen LogP contribution in [0.3, 0.4) is 0 Å². The molecule has 0 aliphatic carbocycles. The lowest BCUT2D eigenvalue weighted by Gasteiger charge is -2.11. The largest absolute Gasteiger partial charge is 0.343 e. The van der Waals surface area contributed by atoms with Gasteiger partial charge in [0.2, 0.25) is 0 Å². The highest BCUT2D eigenvalue weighted by atomic mass is 16.2. The summed E-state index contributed by atoms with van der Waals surface area (Å²) in [6.07, 6.45) is 1.64. The first-order valence-electron chi connectivity index (χ1n) is 9.39. The zero-order valence-electron chi connectivity index (χ0n) is 16.2. The molecule has 0 fully saturated rings. The average Bonchev–Trinajstić information content (AvgIpc) is 3.08. The number of rotatable bonds is 3. The minimum absolute atomic E-state index is 0.165. The summed E-state index contributed by atoms with van der Waals surface area (Å²) in [5.74, 6) is 0. The minimum Gasteiger partial charge on any atom is -0.330 e. The molecular weight excluding hydrogens is 376 g/mol. The maximum Gasteiger partial charge on any atom is 0.343 e. The zero-order valence-corrected chi connectivity index (χ0v) is 16.2. The lowest BCUT2D eigenvalue weighted by molar-refractivity contribution is 0.245. The molecular formula is C23H18N6O. The van der Waals surface area contributed by atoms with Crippen LogP contribution in [0.2, 0.25) is 0 Å². The lowest BCUT2D eigenvalue weighted by atomic mass is 10.1. The van der Waals surface area contributed by atoms with E-state index < -0.39 is 6.03 Å². The van der Waals surface area contributed by atoms with Crippen LogP contribution in [0.15, 0.2) is 77.9 Å². The minimum atomic E-state index is -0.459. The second-order valence-corrected chi connectivity index (χ2v) is 6.73. The Kier molecular flexibility index (Phi) is 5.31. The molecule has 7 heteroatoms. The highest BCUT2D eigenvalue weighted by Crippen LogP contribution is 2.24. The van der Waals surface area contributed by atoms with Crippen molar-refractivity contribution in [3.8, 4) is 17.3 Å². The summed E-state index contributed by atoms with van der Waals surface area (Å²) in [7, 11) is 0. The fourth-order valence-electron chi connectivity index (χ4n) is 3.09. The molecule has 2 amide bonds. The molecule has 0 aliphatic heterocycles. The highest BCUT2D eigenvalue weighted by Gasteiger charge is 2.09. The van der Waals surface area contributed by atoms with Crippen LogP contribution in [-0.2, 0) is 0 Å². The van der Waals surface area contributed by atoms with E-state index >= 15 is 0 Å². The summed E-state index contributed by atoms with van der Waals surface area (Å²) in [6.45, 7) is 1.90. The molecule has 30 heavy (non-hydrogen) atoms. The Balaban J connectivity index is 1.61. The van der Waals surface area contributed by atoms with Gasteiger partial charge in [-0.05, 0) is 36.8 Å². The number of aromatic amines is 1. The normalized spacial score (nSPS) is 12.3. The molecule has 146 valence electrons. The maximum atomic E-state index is 12.3. The smallest absolute Gasteiger partial charge is 0.330 e. The lowest BCUT2D eigenvalue weighted by Crippen LogP contribution is -2.25. The van der Waals surface area contributed by atoms with E-state index in [1.54, 1.807) is 30.5 Å². The number of carbonyl (C=O) groups excluding carboxylic acids is 1. The zero-order chi connectivity index (χ0) is 20.9. The molecule has 1 unspecified atom stereocenters. The first-order chi connectivity index (χ1) is 14.6. The molecule has 0 saturated carbocycles. The Bertz CT molecular complexity index is 1300. The number of aromatic nitrogens is 3. The van der Waals surface area contributed by atoms with Crippen molar-refractivity contribution in [2.45, 2.75) is 13.0 Å². The van der Waals surface area contributed by atoms with E-state index in [-0.39, 0.29) is 6.04 Å². The maximum absolute atomic E-state index is 12.3. The molecule has 4 aromatic rings. The number of carbonyl (C=O) groups is 1. The Hall–Kier alpha value is -4.31. The molecule has 0 bridgehead atoms. The van der Waals surface area contributed by atoms with Gasteiger partial charge in [0.1, 0.15) is 5.69 Å². The molecule has 2 aromatic carbocycles. The molecule has 1 atom stereocenters. The van der Waals surface area contributed by atoms with E-state index in [1.807, 2.05) is 49.4 Å². The van der Waals surface area contributed by atoms with Crippen molar-refractivity contribution in [1.29, 1.82) is 5.26 Å². The molecule has 0 spiro atoms. The van der Waals surface area contributed by atoms with Crippen LogP contribution < -0.4 is 10.8 Å². The highest BCUT2D eigenvalue weighted by molar-refractivity contribution is 5.91. The number of hydrogen-bond acceptors (Lipinski definition) is 4. The topological polar surface area (TPSA) is 107 Å². The first-order valence-corrected chi connectivity index (χ1v) is 9.39. The van der Waals surface area contributed by atoms with E-state index in [0.717, 1.165) is 22.0 Å². The fraction of sp³-hybridized carbons (Fsp3) is 0.0870. The summed E-state index contributed by atoms with van der Waals surface area (Å²) < 4.78 is 0. The number of amides is 2. The number of nitrogens with one attached hydrogen (secondary N) is 2. The number of nitrogens with zero attached hydrogens (tertiary/aromatic N) is 4. The van der Waals surface area contributed by atoms with Gasteiger partial charge in [-0.25, -0.2) is 9.78 Å². The second-order valence-electron chi connectivity index (χ2n) is 6.73. The SMILES string of the molecule is CC(NC(=O)N=c1ccc2[nH]nc(-c3ccc(C#N)cc3)c2cn1)c1ccccc1. The Morgan fingerprint density at radius 2 is 1.87 bits per heavy atom. The van der Waals surface area contributed by atoms with Crippen molar-refractivity contribution >= 4 is 16.9 Å². The third-order valence-corrected chi connectivity index (χ3v) is 4.70. The van der Waals surface area contributed by atoms with Gasteiger partial charge in [-0.3, -0.25) is 5.10 Å². The van der Waals surface area contributed by atoms with Crippen molar-refractivity contribution < 1.29 is 4.79 Å². The number of urea groups is 1. The van der Waals surface area contributed by atoms with Crippen LogP contribution in [0.4, 0.5) is 4.79 Å². The Labute approximate surface area is 172 Å². The summed E-state index contributed by atoms with van der Waals surface area (Å²) >= 11 is 0. The third kappa shape index (κ3) is 4.08. The van der Waals surface area contributed by atoms with Crippen LogP contribution >= 0.6 is 0 Å². The summed E-state index contributed by atoms with van der Waals surface area (Å²) in [5.41, 5.74) is 4.22. The van der Waals surface area contributed by atoms with Crippen molar-refractivity contribution in [2.24, 2.45) is 4.99 Å². The molecule has 2 N–H and O–H groups in total. The van der Waals surface area contributed by atoms with Gasteiger partial charge in [0.15, 0.2) is 5.49 Å². The first kappa shape index (κ1) is 19.0. The molecule has 4 rings (SSSR count). The van der Waals surface area contributed by atoms with Gasteiger partial charge in [-0.15, -0.1) is 0 Å². The van der Waals surface area contributed by atoms with Crippen molar-refractivity contribution in [2.75, 3.05) is 0 Å². The molecule has 0 aliphatic rings. The average molecular weight is 394 g/mol. The fourth-order valence-corrected chi connectivity index (χ4v) is 3.09. The van der Waals surface area contributed by atoms with Gasteiger partial charge in [0.05, 0.1) is 23.2 Å². The summed E-state index contributed by atoms with van der Waals surface area (Å²) in [4.78, 5) is 20.7. The standard InChI is InChI=1S/C23H18N6O/c1-15(17-5-3-2-4-6-17)26-23(30)27-21-12-11-20-19(14-25-21)22(29-28-20)18-9-7-16(13-24)8-10-18/h2-12,14-15H,1H3,(H,26,30)(H,28,29). The Morgan fingerprint density at radius 3 is 2.60 bits per heavy atom. The van der Waals surface area contributed by atoms with Crippen LogP contribution in [0, 0.1) is 11.3 Å². The molecule has 0 radical (unpaired) electrons. The quantitative estimate of drug-likeness (QED) is 0.550. The van der Waals surface area contributed by atoms with Gasteiger partial charge in [-0.2, -0.15) is 15.4 Å². The van der Waals surface area contributed by atoms with Crippen LogP contribution in [0.1, 0.15) is 24.1 Å². The van der Waals surface area contributed by atoms with Crippen LogP contribution in [0.5, 0.6) is 0 Å². The number of H-pyrrole nitrogens is 1. The van der Waals surface area contributed by atoms with Crippen molar-refractivity contribution in [3.63, 3.8) is 0 Å². The Morgan fingerprint density at radius 1 is 1.10 bits per heavy atom. The van der Waals surface area contributed by atoms with Gasteiger partial charge in [0, 0.05) is 17.1 Å². The third-order valence-electron chi connectivity index (χ3n) is 4.70. The van der Waals surface area contributed by atoms with Crippen LogP contribution in [-0.4, -0.2) is 21.2 Å². The number of nitriles is 1. The van der Waals surface area contributed by atoms with E-state index in [2.05, 4.69) is 31.6 Å². The second kappa shape index (κ2) is 8.37. The molecule has 0 saturated heterocycles. The van der Waals surface area contributed by atoms with E-state index in [9.17, 15) is 4.79 Å². The number of fused-ring (bicyclic) bond motifs is 1. The predicted octanol–water partition coefficient (Wildman–Crippen LogP) is 3.87. The van der Waals surface area contributed by atoms with Crippen molar-refractivity contribution in [1.82, 2.24) is 20.5 Å². The van der Waals surface area contributed by atoms with Crippen LogP contribution in [0.25, 0.3) is 22.2 Å². The van der Waals surface area contributed by atoms with Gasteiger partial charge in [0.25, 0.3) is 0 Å². The molecule has 2 heterocycles. The van der Waals surface area contributed by atoms with Gasteiger partial charge in [-0.1, -0.05) is 42.5 Å². The number of hydrogen-bond donors (Lipinski definition) is 2. The van der Waals surface area contributed by atoms with Crippen molar-refractivity contribution in [3.05, 3.63) is 89.5 Å².